The Labute approximate surface area is 128 Å². The van der Waals surface area contributed by atoms with Gasteiger partial charge >= 0.3 is 0 Å². The van der Waals surface area contributed by atoms with Gasteiger partial charge in [0, 0.05) is 35.5 Å². The van der Waals surface area contributed by atoms with Gasteiger partial charge in [0.2, 0.25) is 5.91 Å². The fourth-order valence-corrected chi connectivity index (χ4v) is 3.20. The van der Waals surface area contributed by atoms with Crippen LogP contribution >= 0.6 is 0 Å². The molecule has 22 heavy (non-hydrogen) atoms. The van der Waals surface area contributed by atoms with Gasteiger partial charge in [0.25, 0.3) is 0 Å². The fraction of sp³-hybridized carbons (Fsp3) is 0.222. The summed E-state index contributed by atoms with van der Waals surface area (Å²) in [5.41, 5.74) is 4.66. The van der Waals surface area contributed by atoms with Gasteiger partial charge in [-0.05, 0) is 29.7 Å². The largest absolute Gasteiger partial charge is 0.357 e. The SMILES string of the molecule is O=C(Cc1cccnc1)N1CCc2c([nH]c3ccccc23)C1. The minimum absolute atomic E-state index is 0.164. The number of fused-ring (bicyclic) bond motifs is 3. The normalized spacial score (nSPS) is 14.1. The van der Waals surface area contributed by atoms with E-state index in [0.29, 0.717) is 13.0 Å². The third kappa shape index (κ3) is 2.26. The highest BCUT2D eigenvalue weighted by atomic mass is 16.2. The molecule has 3 aromatic rings. The molecule has 3 heterocycles. The summed E-state index contributed by atoms with van der Waals surface area (Å²) < 4.78 is 0. The van der Waals surface area contributed by atoms with Crippen molar-refractivity contribution < 1.29 is 4.79 Å². The molecule has 0 radical (unpaired) electrons. The Kier molecular flexibility index (Phi) is 3.15. The van der Waals surface area contributed by atoms with E-state index in [-0.39, 0.29) is 5.91 Å². The Hall–Kier alpha value is -2.62. The Morgan fingerprint density at radius 2 is 2.14 bits per heavy atom. The van der Waals surface area contributed by atoms with E-state index < -0.39 is 0 Å². The van der Waals surface area contributed by atoms with Gasteiger partial charge in [0.05, 0.1) is 13.0 Å². The number of pyridine rings is 1. The van der Waals surface area contributed by atoms with Gasteiger partial charge in [0.15, 0.2) is 0 Å². The molecule has 0 bridgehead atoms. The average Bonchev–Trinajstić information content (AvgIpc) is 2.93. The first kappa shape index (κ1) is 13.1. The number of nitrogens with one attached hydrogen (secondary N) is 1. The minimum atomic E-state index is 0.164. The summed E-state index contributed by atoms with van der Waals surface area (Å²) in [6, 6.07) is 12.2. The number of carbonyl (C=O) groups excluding carboxylic acids is 1. The van der Waals surface area contributed by atoms with E-state index in [1.54, 1.807) is 12.4 Å². The number of rotatable bonds is 2. The van der Waals surface area contributed by atoms with E-state index in [2.05, 4.69) is 28.2 Å². The van der Waals surface area contributed by atoms with Crippen molar-refractivity contribution in [3.8, 4) is 0 Å². The molecule has 4 nitrogen and oxygen atoms in total. The second-order valence-corrected chi connectivity index (χ2v) is 5.73. The summed E-state index contributed by atoms with van der Waals surface area (Å²) in [6.45, 7) is 1.46. The molecule has 1 N–H and O–H groups in total. The molecule has 2 aromatic heterocycles. The zero-order valence-electron chi connectivity index (χ0n) is 12.2. The Bertz CT molecular complexity index is 823. The van der Waals surface area contributed by atoms with Crippen LogP contribution in [0, 0.1) is 0 Å². The zero-order chi connectivity index (χ0) is 14.9. The summed E-state index contributed by atoms with van der Waals surface area (Å²) in [5.74, 6) is 0.164. The van der Waals surface area contributed by atoms with Crippen molar-refractivity contribution in [1.29, 1.82) is 0 Å². The van der Waals surface area contributed by atoms with Crippen molar-refractivity contribution in [1.82, 2.24) is 14.9 Å². The Morgan fingerprint density at radius 1 is 1.23 bits per heavy atom. The molecule has 1 aliphatic heterocycles. The maximum atomic E-state index is 12.5. The molecule has 0 saturated carbocycles. The lowest BCUT2D eigenvalue weighted by Crippen LogP contribution is -2.36. The number of hydrogen-bond acceptors (Lipinski definition) is 2. The first-order chi connectivity index (χ1) is 10.8. The lowest BCUT2D eigenvalue weighted by molar-refractivity contribution is -0.131. The van der Waals surface area contributed by atoms with Crippen LogP contribution in [0.4, 0.5) is 0 Å². The van der Waals surface area contributed by atoms with E-state index >= 15 is 0 Å². The second kappa shape index (κ2) is 5.30. The molecule has 110 valence electrons. The van der Waals surface area contributed by atoms with Crippen LogP contribution in [0.5, 0.6) is 0 Å². The van der Waals surface area contributed by atoms with Gasteiger partial charge in [-0.1, -0.05) is 24.3 Å². The predicted octanol–water partition coefficient (Wildman–Crippen LogP) is 2.69. The van der Waals surface area contributed by atoms with E-state index in [1.165, 1.54) is 16.6 Å². The van der Waals surface area contributed by atoms with Gasteiger partial charge in [0.1, 0.15) is 0 Å². The van der Waals surface area contributed by atoms with Gasteiger partial charge in [-0.3, -0.25) is 9.78 Å². The predicted molar refractivity (Wildman–Crippen MR) is 85.4 cm³/mol. The first-order valence-corrected chi connectivity index (χ1v) is 7.56. The molecule has 1 amide bonds. The molecular formula is C18H17N3O. The number of carbonyl (C=O) groups is 1. The van der Waals surface area contributed by atoms with E-state index in [9.17, 15) is 4.79 Å². The van der Waals surface area contributed by atoms with Crippen LogP contribution < -0.4 is 0 Å². The van der Waals surface area contributed by atoms with Crippen LogP contribution in [0.1, 0.15) is 16.8 Å². The summed E-state index contributed by atoms with van der Waals surface area (Å²) in [7, 11) is 0. The van der Waals surface area contributed by atoms with Crippen LogP contribution in [0.3, 0.4) is 0 Å². The number of nitrogens with zero attached hydrogens (tertiary/aromatic N) is 2. The van der Waals surface area contributed by atoms with Crippen LogP contribution in [0.25, 0.3) is 10.9 Å². The van der Waals surface area contributed by atoms with E-state index in [4.69, 9.17) is 0 Å². The molecule has 0 atom stereocenters. The van der Waals surface area contributed by atoms with Gasteiger partial charge in [-0.15, -0.1) is 0 Å². The minimum Gasteiger partial charge on any atom is -0.357 e. The molecule has 0 fully saturated rings. The Balaban J connectivity index is 1.55. The standard InChI is InChI=1S/C18H17N3O/c22-18(10-13-4-3-8-19-11-13)21-9-7-15-14-5-1-2-6-16(14)20-17(15)12-21/h1-6,8,11,20H,7,9-10,12H2. The molecule has 0 saturated heterocycles. The smallest absolute Gasteiger partial charge is 0.227 e. The van der Waals surface area contributed by atoms with Crippen molar-refractivity contribution in [2.24, 2.45) is 0 Å². The molecule has 4 heteroatoms. The summed E-state index contributed by atoms with van der Waals surface area (Å²) in [6.07, 6.45) is 4.82. The first-order valence-electron chi connectivity index (χ1n) is 7.56. The lowest BCUT2D eigenvalue weighted by Gasteiger charge is -2.27. The van der Waals surface area contributed by atoms with Crippen LogP contribution in [0.15, 0.2) is 48.8 Å². The highest BCUT2D eigenvalue weighted by Crippen LogP contribution is 2.27. The Morgan fingerprint density at radius 3 is 3.00 bits per heavy atom. The van der Waals surface area contributed by atoms with Gasteiger partial charge in [-0.25, -0.2) is 0 Å². The number of amides is 1. The van der Waals surface area contributed by atoms with Crippen molar-refractivity contribution in [3.05, 3.63) is 65.6 Å². The van der Waals surface area contributed by atoms with Crippen LogP contribution in [-0.2, 0) is 24.2 Å². The van der Waals surface area contributed by atoms with Crippen LogP contribution in [-0.4, -0.2) is 27.3 Å². The monoisotopic (exact) mass is 291 g/mol. The number of H-pyrrole nitrogens is 1. The number of aromatic amines is 1. The number of aromatic nitrogens is 2. The number of hydrogen-bond donors (Lipinski definition) is 1. The highest BCUT2D eigenvalue weighted by Gasteiger charge is 2.23. The summed E-state index contributed by atoms with van der Waals surface area (Å²) in [5, 5.41) is 1.29. The van der Waals surface area contributed by atoms with Crippen molar-refractivity contribution >= 4 is 16.8 Å². The topological polar surface area (TPSA) is 49.0 Å². The molecule has 0 aliphatic carbocycles. The van der Waals surface area contributed by atoms with Crippen molar-refractivity contribution in [2.75, 3.05) is 6.54 Å². The van der Waals surface area contributed by atoms with Crippen LogP contribution in [0.2, 0.25) is 0 Å². The molecule has 1 aromatic carbocycles. The summed E-state index contributed by atoms with van der Waals surface area (Å²) >= 11 is 0. The fourth-order valence-electron chi connectivity index (χ4n) is 3.20. The van der Waals surface area contributed by atoms with Crippen molar-refractivity contribution in [2.45, 2.75) is 19.4 Å². The second-order valence-electron chi connectivity index (χ2n) is 5.73. The van der Waals surface area contributed by atoms with Gasteiger partial charge in [-0.2, -0.15) is 0 Å². The maximum absolute atomic E-state index is 12.5. The number of benzene rings is 1. The molecule has 1 aliphatic rings. The zero-order valence-corrected chi connectivity index (χ0v) is 12.2. The summed E-state index contributed by atoms with van der Waals surface area (Å²) in [4.78, 5) is 21.9. The van der Waals surface area contributed by atoms with Crippen molar-refractivity contribution in [3.63, 3.8) is 0 Å². The lowest BCUT2D eigenvalue weighted by atomic mass is 10.0. The molecule has 0 spiro atoms. The maximum Gasteiger partial charge on any atom is 0.227 e. The van der Waals surface area contributed by atoms with E-state index in [0.717, 1.165) is 24.0 Å². The molecule has 4 rings (SSSR count). The molecular weight excluding hydrogens is 274 g/mol. The molecule has 0 unspecified atom stereocenters. The highest BCUT2D eigenvalue weighted by molar-refractivity contribution is 5.86. The third-order valence-electron chi connectivity index (χ3n) is 4.31. The quantitative estimate of drug-likeness (QED) is 0.789. The average molecular weight is 291 g/mol. The third-order valence-corrected chi connectivity index (χ3v) is 4.31. The number of para-hydroxylation sites is 1. The van der Waals surface area contributed by atoms with Gasteiger partial charge < -0.3 is 9.88 Å². The van der Waals surface area contributed by atoms with E-state index in [1.807, 2.05) is 23.1 Å².